The van der Waals surface area contributed by atoms with E-state index in [9.17, 15) is 0 Å². The molecule has 0 spiro atoms. The molecule has 1 saturated heterocycles. The summed E-state index contributed by atoms with van der Waals surface area (Å²) in [4.78, 5) is 4.21. The normalized spacial score (nSPS) is 19.8. The molecule has 2 rings (SSSR count). The summed E-state index contributed by atoms with van der Waals surface area (Å²) < 4.78 is 7.56. The molecule has 1 aliphatic rings. The van der Waals surface area contributed by atoms with E-state index >= 15 is 0 Å². The molecule has 0 aliphatic carbocycles. The summed E-state index contributed by atoms with van der Waals surface area (Å²) in [5.74, 6) is 1.11. The second kappa shape index (κ2) is 3.27. The molecule has 1 fully saturated rings. The molecule has 0 saturated carbocycles. The minimum Gasteiger partial charge on any atom is -0.381 e. The molecule has 0 radical (unpaired) electrons. The van der Waals surface area contributed by atoms with Gasteiger partial charge in [-0.2, -0.15) is 0 Å². The zero-order valence-corrected chi connectivity index (χ0v) is 7.36. The first-order valence-corrected chi connectivity index (χ1v) is 4.45. The highest BCUT2D eigenvalue weighted by Crippen LogP contribution is 2.21. The molecule has 2 heterocycles. The fourth-order valence-electron chi connectivity index (χ4n) is 1.74. The van der Waals surface area contributed by atoms with Gasteiger partial charge >= 0.3 is 0 Å². The molecule has 3 heteroatoms. The molecule has 1 aromatic heterocycles. The number of nitrogens with zero attached hydrogens (tertiary/aromatic N) is 2. The third-order valence-electron chi connectivity index (χ3n) is 2.45. The van der Waals surface area contributed by atoms with E-state index in [1.165, 1.54) is 0 Å². The van der Waals surface area contributed by atoms with Gasteiger partial charge in [0.25, 0.3) is 0 Å². The fourth-order valence-corrected chi connectivity index (χ4v) is 1.74. The van der Waals surface area contributed by atoms with Crippen LogP contribution in [-0.2, 0) is 4.74 Å². The number of hydrogen-bond acceptors (Lipinski definition) is 2. The smallest absolute Gasteiger partial charge is 0.105 e. The highest BCUT2D eigenvalue weighted by atomic mass is 16.5. The Balaban J connectivity index is 2.13. The van der Waals surface area contributed by atoms with Crippen LogP contribution in [0.2, 0.25) is 0 Å². The van der Waals surface area contributed by atoms with Crippen LogP contribution >= 0.6 is 0 Å². The van der Waals surface area contributed by atoms with Crippen LogP contribution < -0.4 is 0 Å². The molecule has 1 aromatic rings. The Hall–Kier alpha value is -0.830. The van der Waals surface area contributed by atoms with Gasteiger partial charge in [-0.25, -0.2) is 4.98 Å². The van der Waals surface area contributed by atoms with E-state index in [0.29, 0.717) is 6.04 Å². The minimum absolute atomic E-state index is 0.612. The predicted octanol–water partition coefficient (Wildman–Crippen LogP) is 1.54. The standard InChI is InChI=1S/C9H14N2O/c1-8-10-4-5-11(8)9-2-6-12-7-3-9/h4-5,9H,2-3,6-7H2,1H3. The van der Waals surface area contributed by atoms with E-state index in [-0.39, 0.29) is 0 Å². The van der Waals surface area contributed by atoms with Crippen molar-refractivity contribution in [2.24, 2.45) is 0 Å². The molecule has 3 nitrogen and oxygen atoms in total. The van der Waals surface area contributed by atoms with Gasteiger partial charge in [0.15, 0.2) is 0 Å². The Bertz CT molecular complexity index is 251. The van der Waals surface area contributed by atoms with Crippen LogP contribution in [0.4, 0.5) is 0 Å². The van der Waals surface area contributed by atoms with Crippen LogP contribution in [0, 0.1) is 6.92 Å². The van der Waals surface area contributed by atoms with Crippen molar-refractivity contribution in [2.75, 3.05) is 13.2 Å². The molecule has 12 heavy (non-hydrogen) atoms. The van der Waals surface area contributed by atoms with Gasteiger partial charge in [0, 0.05) is 31.6 Å². The van der Waals surface area contributed by atoms with Crippen molar-refractivity contribution in [3.8, 4) is 0 Å². The fraction of sp³-hybridized carbons (Fsp3) is 0.667. The second-order valence-corrected chi connectivity index (χ2v) is 3.23. The number of hydrogen-bond donors (Lipinski definition) is 0. The molecule has 66 valence electrons. The highest BCUT2D eigenvalue weighted by Gasteiger charge is 2.15. The first kappa shape index (κ1) is 7.80. The summed E-state index contributed by atoms with van der Waals surface area (Å²) in [6.45, 7) is 3.83. The molecule has 0 amide bonds. The maximum Gasteiger partial charge on any atom is 0.105 e. The van der Waals surface area contributed by atoms with Crippen molar-refractivity contribution in [3.05, 3.63) is 18.2 Å². The second-order valence-electron chi connectivity index (χ2n) is 3.23. The molecular formula is C9H14N2O. The first-order valence-electron chi connectivity index (χ1n) is 4.45. The zero-order valence-electron chi connectivity index (χ0n) is 7.36. The van der Waals surface area contributed by atoms with Crippen molar-refractivity contribution in [1.29, 1.82) is 0 Å². The average Bonchev–Trinajstić information content (AvgIpc) is 2.53. The van der Waals surface area contributed by atoms with E-state index < -0.39 is 0 Å². The van der Waals surface area contributed by atoms with Gasteiger partial charge in [0.05, 0.1) is 0 Å². The lowest BCUT2D eigenvalue weighted by atomic mass is 10.1. The van der Waals surface area contributed by atoms with Crippen LogP contribution in [0.5, 0.6) is 0 Å². The van der Waals surface area contributed by atoms with Crippen LogP contribution in [-0.4, -0.2) is 22.8 Å². The Kier molecular flexibility index (Phi) is 2.13. The summed E-state index contributed by atoms with van der Waals surface area (Å²) in [6, 6.07) is 0.612. The third kappa shape index (κ3) is 1.37. The number of imidazole rings is 1. The Morgan fingerprint density at radius 3 is 2.83 bits per heavy atom. The van der Waals surface area contributed by atoms with Crippen LogP contribution in [0.1, 0.15) is 24.7 Å². The van der Waals surface area contributed by atoms with Crippen LogP contribution in [0.25, 0.3) is 0 Å². The highest BCUT2D eigenvalue weighted by molar-refractivity contribution is 4.92. The predicted molar refractivity (Wildman–Crippen MR) is 46.1 cm³/mol. The largest absolute Gasteiger partial charge is 0.381 e. The third-order valence-corrected chi connectivity index (χ3v) is 2.45. The molecule has 0 atom stereocenters. The lowest BCUT2D eigenvalue weighted by molar-refractivity contribution is 0.0690. The lowest BCUT2D eigenvalue weighted by Gasteiger charge is -2.24. The Labute approximate surface area is 72.4 Å². The number of aromatic nitrogens is 2. The maximum absolute atomic E-state index is 5.30. The quantitative estimate of drug-likeness (QED) is 0.632. The van der Waals surface area contributed by atoms with Crippen molar-refractivity contribution in [3.63, 3.8) is 0 Å². The van der Waals surface area contributed by atoms with Gasteiger partial charge in [-0.15, -0.1) is 0 Å². The number of rotatable bonds is 1. The summed E-state index contributed by atoms with van der Waals surface area (Å²) in [5, 5.41) is 0. The molecular weight excluding hydrogens is 152 g/mol. The summed E-state index contributed by atoms with van der Waals surface area (Å²) in [7, 11) is 0. The SMILES string of the molecule is Cc1nccn1C1CCOCC1. The average molecular weight is 166 g/mol. The number of aryl methyl sites for hydroxylation is 1. The van der Waals surface area contributed by atoms with E-state index in [4.69, 9.17) is 4.74 Å². The van der Waals surface area contributed by atoms with E-state index in [2.05, 4.69) is 22.7 Å². The van der Waals surface area contributed by atoms with Gasteiger partial charge in [0.2, 0.25) is 0 Å². The maximum atomic E-state index is 5.30. The van der Waals surface area contributed by atoms with Crippen molar-refractivity contribution in [2.45, 2.75) is 25.8 Å². The van der Waals surface area contributed by atoms with Crippen LogP contribution in [0.15, 0.2) is 12.4 Å². The molecule has 0 N–H and O–H groups in total. The summed E-state index contributed by atoms with van der Waals surface area (Å²) >= 11 is 0. The van der Waals surface area contributed by atoms with Gasteiger partial charge in [-0.05, 0) is 19.8 Å². The molecule has 0 bridgehead atoms. The zero-order chi connectivity index (χ0) is 8.39. The topological polar surface area (TPSA) is 27.1 Å². The Morgan fingerprint density at radius 1 is 1.50 bits per heavy atom. The summed E-state index contributed by atoms with van der Waals surface area (Å²) in [6.07, 6.45) is 6.17. The molecule has 1 aliphatic heterocycles. The van der Waals surface area contributed by atoms with Crippen molar-refractivity contribution in [1.82, 2.24) is 9.55 Å². The van der Waals surface area contributed by atoms with Gasteiger partial charge in [0.1, 0.15) is 5.82 Å². The molecule has 0 unspecified atom stereocenters. The summed E-state index contributed by atoms with van der Waals surface area (Å²) in [5.41, 5.74) is 0. The van der Waals surface area contributed by atoms with Gasteiger partial charge in [-0.3, -0.25) is 0 Å². The van der Waals surface area contributed by atoms with Crippen molar-refractivity contribution < 1.29 is 4.74 Å². The van der Waals surface area contributed by atoms with E-state index in [1.54, 1.807) is 0 Å². The van der Waals surface area contributed by atoms with Gasteiger partial charge < -0.3 is 9.30 Å². The Morgan fingerprint density at radius 2 is 2.25 bits per heavy atom. The van der Waals surface area contributed by atoms with E-state index in [1.807, 2.05) is 6.20 Å². The van der Waals surface area contributed by atoms with Crippen LogP contribution in [0.3, 0.4) is 0 Å². The van der Waals surface area contributed by atoms with Gasteiger partial charge in [-0.1, -0.05) is 0 Å². The lowest BCUT2D eigenvalue weighted by Crippen LogP contribution is -2.19. The van der Waals surface area contributed by atoms with E-state index in [0.717, 1.165) is 31.9 Å². The minimum atomic E-state index is 0.612. The monoisotopic (exact) mass is 166 g/mol. The molecule has 0 aromatic carbocycles. The van der Waals surface area contributed by atoms with Crippen molar-refractivity contribution >= 4 is 0 Å². The number of ether oxygens (including phenoxy) is 1. The first-order chi connectivity index (χ1) is 5.88.